The maximum absolute atomic E-state index is 12.7. The molecule has 2 amide bonds. The van der Waals surface area contributed by atoms with E-state index in [1.807, 2.05) is 0 Å². The van der Waals surface area contributed by atoms with E-state index in [9.17, 15) is 22.8 Å². The molecule has 0 unspecified atom stereocenters. The summed E-state index contributed by atoms with van der Waals surface area (Å²) in [5.41, 5.74) is 1.39. The van der Waals surface area contributed by atoms with Gasteiger partial charge >= 0.3 is 6.18 Å². The number of aromatic nitrogens is 2. The van der Waals surface area contributed by atoms with Gasteiger partial charge in [0.2, 0.25) is 11.8 Å². The van der Waals surface area contributed by atoms with Crippen LogP contribution >= 0.6 is 0 Å². The second-order valence-electron chi connectivity index (χ2n) is 6.86. The van der Waals surface area contributed by atoms with Gasteiger partial charge in [0.25, 0.3) is 5.91 Å². The van der Waals surface area contributed by atoms with Crippen molar-refractivity contribution < 1.29 is 27.5 Å². The highest BCUT2D eigenvalue weighted by molar-refractivity contribution is 6.01. The van der Waals surface area contributed by atoms with Crippen molar-refractivity contribution in [3.8, 4) is 5.88 Å². The number of hydrogen-bond acceptors (Lipinski definition) is 5. The largest absolute Gasteiger partial charge is 0.468 e. The van der Waals surface area contributed by atoms with Crippen LogP contribution in [0.2, 0.25) is 0 Å². The van der Waals surface area contributed by atoms with Gasteiger partial charge < -0.3 is 15.0 Å². The summed E-state index contributed by atoms with van der Waals surface area (Å²) in [5, 5.41) is 2.72. The van der Waals surface area contributed by atoms with Crippen LogP contribution in [0, 0.1) is 5.92 Å². The number of halogens is 3. The van der Waals surface area contributed by atoms with E-state index in [4.69, 9.17) is 0 Å². The number of pyridine rings is 2. The van der Waals surface area contributed by atoms with Crippen LogP contribution in [0.15, 0.2) is 30.5 Å². The topological polar surface area (TPSA) is 84.4 Å². The molecule has 0 aliphatic carbocycles. The monoisotopic (exact) mass is 408 g/mol. The van der Waals surface area contributed by atoms with Gasteiger partial charge in [-0.1, -0.05) is 19.9 Å². The standard InChI is InChI=1S/C19H19F3N4O3/c1-11(2)17(27)25-16-14-9-26(18(28)13(14)6-7-23-16)8-12-4-3-5-15(24-12)29-10-19(20,21)22/h3-7,11H,8-10H2,1-2H3,(H,23,25,27). The van der Waals surface area contributed by atoms with Crippen molar-refractivity contribution in [1.82, 2.24) is 14.9 Å². The fourth-order valence-electron chi connectivity index (χ4n) is 2.76. The highest BCUT2D eigenvalue weighted by atomic mass is 19.4. The Labute approximate surface area is 164 Å². The number of ether oxygens (including phenoxy) is 1. The number of hydrogen-bond donors (Lipinski definition) is 1. The number of nitrogens with one attached hydrogen (secondary N) is 1. The maximum atomic E-state index is 12.7. The third kappa shape index (κ3) is 5.01. The number of rotatable bonds is 6. The van der Waals surface area contributed by atoms with Gasteiger partial charge in [0.1, 0.15) is 5.82 Å². The average molecular weight is 408 g/mol. The average Bonchev–Trinajstić information content (AvgIpc) is 2.97. The third-order valence-corrected chi connectivity index (χ3v) is 4.21. The molecule has 29 heavy (non-hydrogen) atoms. The minimum Gasteiger partial charge on any atom is -0.468 e. The smallest absolute Gasteiger partial charge is 0.422 e. The molecule has 154 valence electrons. The second-order valence-corrected chi connectivity index (χ2v) is 6.86. The lowest BCUT2D eigenvalue weighted by Crippen LogP contribution is -2.24. The summed E-state index contributed by atoms with van der Waals surface area (Å²) in [7, 11) is 0. The Kier molecular flexibility index (Phi) is 5.71. The number of anilines is 1. The molecule has 0 radical (unpaired) electrons. The summed E-state index contributed by atoms with van der Waals surface area (Å²) in [6, 6.07) is 5.99. The fraction of sp³-hybridized carbons (Fsp3) is 0.368. The summed E-state index contributed by atoms with van der Waals surface area (Å²) < 4.78 is 41.6. The van der Waals surface area contributed by atoms with Crippen LogP contribution in [-0.2, 0) is 17.9 Å². The van der Waals surface area contributed by atoms with Crippen LogP contribution in [0.25, 0.3) is 0 Å². The van der Waals surface area contributed by atoms with Crippen molar-refractivity contribution >= 4 is 17.6 Å². The van der Waals surface area contributed by atoms with Crippen molar-refractivity contribution in [1.29, 1.82) is 0 Å². The van der Waals surface area contributed by atoms with E-state index in [0.717, 1.165) is 0 Å². The van der Waals surface area contributed by atoms with Crippen LogP contribution < -0.4 is 10.1 Å². The van der Waals surface area contributed by atoms with Crippen LogP contribution in [0.1, 0.15) is 35.5 Å². The molecule has 2 aromatic heterocycles. The van der Waals surface area contributed by atoms with Gasteiger partial charge in [-0.3, -0.25) is 9.59 Å². The molecule has 0 spiro atoms. The van der Waals surface area contributed by atoms with Crippen LogP contribution in [0.4, 0.5) is 19.0 Å². The number of amides is 2. The molecule has 0 bridgehead atoms. The molecule has 0 saturated heterocycles. The van der Waals surface area contributed by atoms with Crippen molar-refractivity contribution in [2.45, 2.75) is 33.1 Å². The first kappa shape index (κ1) is 20.6. The van der Waals surface area contributed by atoms with Gasteiger partial charge in [-0.25, -0.2) is 9.97 Å². The lowest BCUT2D eigenvalue weighted by atomic mass is 10.1. The van der Waals surface area contributed by atoms with E-state index in [2.05, 4.69) is 20.0 Å². The van der Waals surface area contributed by atoms with Crippen molar-refractivity contribution in [3.63, 3.8) is 0 Å². The lowest BCUT2D eigenvalue weighted by molar-refractivity contribution is -0.154. The summed E-state index contributed by atoms with van der Waals surface area (Å²) in [5.74, 6) is -0.578. The van der Waals surface area contributed by atoms with Crippen LogP contribution in [-0.4, -0.2) is 39.5 Å². The van der Waals surface area contributed by atoms with E-state index < -0.39 is 12.8 Å². The Hall–Kier alpha value is -3.17. The van der Waals surface area contributed by atoms with E-state index in [1.165, 1.54) is 23.2 Å². The third-order valence-electron chi connectivity index (χ3n) is 4.21. The van der Waals surface area contributed by atoms with Gasteiger partial charge in [-0.2, -0.15) is 13.2 Å². The van der Waals surface area contributed by atoms with Crippen molar-refractivity contribution in [3.05, 3.63) is 47.3 Å². The molecule has 10 heteroatoms. The molecule has 2 aromatic rings. The minimum absolute atomic E-state index is 0.0777. The van der Waals surface area contributed by atoms with Crippen LogP contribution in [0.3, 0.4) is 0 Å². The first-order valence-electron chi connectivity index (χ1n) is 8.87. The molecule has 1 aliphatic heterocycles. The zero-order chi connectivity index (χ0) is 21.2. The van der Waals surface area contributed by atoms with E-state index >= 15 is 0 Å². The summed E-state index contributed by atoms with van der Waals surface area (Å²) >= 11 is 0. The zero-order valence-electron chi connectivity index (χ0n) is 15.8. The van der Waals surface area contributed by atoms with E-state index in [-0.39, 0.29) is 36.7 Å². The summed E-state index contributed by atoms with van der Waals surface area (Å²) in [4.78, 5) is 34.3. The summed E-state index contributed by atoms with van der Waals surface area (Å²) in [6.45, 7) is 2.33. The molecule has 3 heterocycles. The second kappa shape index (κ2) is 8.06. The molecule has 0 aromatic carbocycles. The Morgan fingerprint density at radius 1 is 1.31 bits per heavy atom. The molecule has 3 rings (SSSR count). The first-order chi connectivity index (χ1) is 13.6. The number of carbonyl (C=O) groups is 2. The van der Waals surface area contributed by atoms with E-state index in [1.54, 1.807) is 26.0 Å². The number of alkyl halides is 3. The maximum Gasteiger partial charge on any atom is 0.422 e. The molecule has 1 aliphatic rings. The normalized spacial score (nSPS) is 13.6. The van der Waals surface area contributed by atoms with Gasteiger partial charge in [0.05, 0.1) is 18.8 Å². The van der Waals surface area contributed by atoms with Gasteiger partial charge in [0.15, 0.2) is 6.61 Å². The predicted octanol–water partition coefficient (Wildman–Crippen LogP) is 3.17. The molecule has 1 N–H and O–H groups in total. The highest BCUT2D eigenvalue weighted by Crippen LogP contribution is 2.29. The minimum atomic E-state index is -4.46. The Balaban J connectivity index is 1.73. The predicted molar refractivity (Wildman–Crippen MR) is 97.1 cm³/mol. The van der Waals surface area contributed by atoms with Gasteiger partial charge in [-0.15, -0.1) is 0 Å². The molecule has 0 saturated carbocycles. The Bertz CT molecular complexity index is 931. The van der Waals surface area contributed by atoms with Gasteiger partial charge in [-0.05, 0) is 12.1 Å². The highest BCUT2D eigenvalue weighted by Gasteiger charge is 2.31. The van der Waals surface area contributed by atoms with Crippen molar-refractivity contribution in [2.75, 3.05) is 11.9 Å². The number of fused-ring (bicyclic) bond motifs is 1. The molecular formula is C19H19F3N4O3. The van der Waals surface area contributed by atoms with Crippen molar-refractivity contribution in [2.24, 2.45) is 5.92 Å². The van der Waals surface area contributed by atoms with Gasteiger partial charge in [0, 0.05) is 29.3 Å². The molecule has 0 atom stereocenters. The first-order valence-corrected chi connectivity index (χ1v) is 8.87. The fourth-order valence-corrected chi connectivity index (χ4v) is 2.76. The molecule has 7 nitrogen and oxygen atoms in total. The van der Waals surface area contributed by atoms with E-state index in [0.29, 0.717) is 22.6 Å². The number of nitrogens with zero attached hydrogens (tertiary/aromatic N) is 3. The quantitative estimate of drug-likeness (QED) is 0.794. The lowest BCUT2D eigenvalue weighted by Gasteiger charge is -2.16. The summed E-state index contributed by atoms with van der Waals surface area (Å²) in [6.07, 6.45) is -3.02. The zero-order valence-corrected chi connectivity index (χ0v) is 15.8. The SMILES string of the molecule is CC(C)C(=O)Nc1nccc2c1CN(Cc1cccc(OCC(F)(F)F)n1)C2=O. The molecular weight excluding hydrogens is 389 g/mol. The Morgan fingerprint density at radius 2 is 2.07 bits per heavy atom. The number of carbonyl (C=O) groups excluding carboxylic acids is 2. The molecule has 0 fully saturated rings. The van der Waals surface area contributed by atoms with Crippen LogP contribution in [0.5, 0.6) is 5.88 Å². The Morgan fingerprint density at radius 3 is 2.76 bits per heavy atom.